The Labute approximate surface area is 170 Å². The average Bonchev–Trinajstić information content (AvgIpc) is 2.74. The van der Waals surface area contributed by atoms with Crippen LogP contribution in [0, 0.1) is 0 Å². The molecule has 0 saturated carbocycles. The zero-order valence-electron chi connectivity index (χ0n) is 15.2. The molecule has 0 radical (unpaired) electrons. The van der Waals surface area contributed by atoms with Crippen LogP contribution in [0.25, 0.3) is 21.7 Å². The standard InChI is InChI=1S/C22H19BrN2O3/c23-21-17-6-2-1-5-16(17)9-10-20(21)28-14-13-27-12-11-25-15-24-19-8-4-3-7-18(19)22(25)26/h1-10,15H,11-14H2. The van der Waals surface area contributed by atoms with Gasteiger partial charge >= 0.3 is 0 Å². The Morgan fingerprint density at radius 1 is 0.893 bits per heavy atom. The Bertz CT molecular complexity index is 1170. The quantitative estimate of drug-likeness (QED) is 0.401. The third kappa shape index (κ3) is 3.93. The van der Waals surface area contributed by atoms with Gasteiger partial charge in [0.1, 0.15) is 12.4 Å². The molecule has 0 aliphatic rings. The van der Waals surface area contributed by atoms with Crippen LogP contribution in [-0.2, 0) is 11.3 Å². The van der Waals surface area contributed by atoms with Gasteiger partial charge in [-0.2, -0.15) is 0 Å². The van der Waals surface area contributed by atoms with Gasteiger partial charge in [0.05, 0.1) is 41.5 Å². The number of fused-ring (bicyclic) bond motifs is 2. The first kappa shape index (κ1) is 18.7. The molecule has 0 unspecified atom stereocenters. The van der Waals surface area contributed by atoms with E-state index < -0.39 is 0 Å². The number of para-hydroxylation sites is 1. The SMILES string of the molecule is O=c1c2ccccc2ncn1CCOCCOc1ccc2ccccc2c1Br. The average molecular weight is 439 g/mol. The molecule has 0 aliphatic carbocycles. The second-order valence-corrected chi connectivity index (χ2v) is 7.11. The summed E-state index contributed by atoms with van der Waals surface area (Å²) in [5.74, 6) is 0.789. The molecule has 0 atom stereocenters. The summed E-state index contributed by atoms with van der Waals surface area (Å²) in [5, 5.41) is 2.89. The van der Waals surface area contributed by atoms with Gasteiger partial charge in [0, 0.05) is 0 Å². The van der Waals surface area contributed by atoms with Gasteiger partial charge in [0.2, 0.25) is 0 Å². The summed E-state index contributed by atoms with van der Waals surface area (Å²) < 4.78 is 14.0. The van der Waals surface area contributed by atoms with E-state index in [9.17, 15) is 4.79 Å². The minimum atomic E-state index is -0.0504. The zero-order chi connectivity index (χ0) is 19.3. The lowest BCUT2D eigenvalue weighted by Gasteiger charge is -2.11. The molecule has 0 N–H and O–H groups in total. The van der Waals surface area contributed by atoms with Gasteiger partial charge in [-0.15, -0.1) is 0 Å². The topological polar surface area (TPSA) is 53.4 Å². The molecule has 142 valence electrons. The second-order valence-electron chi connectivity index (χ2n) is 6.32. The summed E-state index contributed by atoms with van der Waals surface area (Å²) >= 11 is 3.61. The van der Waals surface area contributed by atoms with Gasteiger partial charge < -0.3 is 9.47 Å². The third-order valence-electron chi connectivity index (χ3n) is 4.52. The highest BCUT2D eigenvalue weighted by atomic mass is 79.9. The van der Waals surface area contributed by atoms with Gasteiger partial charge in [0.15, 0.2) is 0 Å². The Morgan fingerprint density at radius 3 is 2.57 bits per heavy atom. The fourth-order valence-corrected chi connectivity index (χ4v) is 3.67. The molecular formula is C22H19BrN2O3. The first-order chi connectivity index (χ1) is 13.7. The molecule has 4 rings (SSSR count). The van der Waals surface area contributed by atoms with Crippen LogP contribution in [0.1, 0.15) is 0 Å². The summed E-state index contributed by atoms with van der Waals surface area (Å²) in [6.07, 6.45) is 1.57. The number of hydrogen-bond donors (Lipinski definition) is 0. The summed E-state index contributed by atoms with van der Waals surface area (Å²) in [4.78, 5) is 16.7. The van der Waals surface area contributed by atoms with Crippen LogP contribution in [0.4, 0.5) is 0 Å². The summed E-state index contributed by atoms with van der Waals surface area (Å²) in [6.45, 7) is 1.75. The lowest BCUT2D eigenvalue weighted by molar-refractivity contribution is 0.0936. The molecule has 3 aromatic carbocycles. The smallest absolute Gasteiger partial charge is 0.261 e. The van der Waals surface area contributed by atoms with Crippen LogP contribution in [0.15, 0.2) is 76.3 Å². The van der Waals surface area contributed by atoms with Gasteiger partial charge in [0.25, 0.3) is 5.56 Å². The van der Waals surface area contributed by atoms with E-state index in [1.165, 1.54) is 0 Å². The number of rotatable bonds is 7. The van der Waals surface area contributed by atoms with E-state index in [4.69, 9.17) is 9.47 Å². The Balaban J connectivity index is 1.28. The molecule has 0 bridgehead atoms. The Hall–Kier alpha value is -2.70. The van der Waals surface area contributed by atoms with Crippen molar-refractivity contribution in [2.45, 2.75) is 6.54 Å². The minimum absolute atomic E-state index is 0.0504. The Kier molecular flexibility index (Phi) is 5.69. The van der Waals surface area contributed by atoms with E-state index in [0.29, 0.717) is 37.3 Å². The van der Waals surface area contributed by atoms with Crippen LogP contribution in [0.2, 0.25) is 0 Å². The highest BCUT2D eigenvalue weighted by Gasteiger charge is 2.06. The van der Waals surface area contributed by atoms with Crippen molar-refractivity contribution in [3.8, 4) is 5.75 Å². The predicted molar refractivity (Wildman–Crippen MR) is 114 cm³/mol. The monoisotopic (exact) mass is 438 g/mol. The van der Waals surface area contributed by atoms with E-state index in [1.54, 1.807) is 17.0 Å². The van der Waals surface area contributed by atoms with Gasteiger partial charge in [-0.05, 0) is 44.9 Å². The van der Waals surface area contributed by atoms with Crippen molar-refractivity contribution in [3.05, 3.63) is 81.8 Å². The minimum Gasteiger partial charge on any atom is -0.490 e. The van der Waals surface area contributed by atoms with Crippen LogP contribution < -0.4 is 10.3 Å². The van der Waals surface area contributed by atoms with Crippen molar-refractivity contribution in [2.75, 3.05) is 19.8 Å². The lowest BCUT2D eigenvalue weighted by Crippen LogP contribution is -2.23. The molecule has 1 aromatic heterocycles. The molecule has 4 aromatic rings. The van der Waals surface area contributed by atoms with Crippen molar-refractivity contribution >= 4 is 37.6 Å². The summed E-state index contributed by atoms with van der Waals surface area (Å²) in [7, 11) is 0. The van der Waals surface area contributed by atoms with Crippen molar-refractivity contribution < 1.29 is 9.47 Å². The number of halogens is 1. The maximum atomic E-state index is 12.4. The van der Waals surface area contributed by atoms with Crippen molar-refractivity contribution in [3.63, 3.8) is 0 Å². The fourth-order valence-electron chi connectivity index (χ4n) is 3.07. The molecule has 5 nitrogen and oxygen atoms in total. The van der Waals surface area contributed by atoms with Crippen molar-refractivity contribution in [1.82, 2.24) is 9.55 Å². The third-order valence-corrected chi connectivity index (χ3v) is 5.34. The van der Waals surface area contributed by atoms with Crippen molar-refractivity contribution in [2.24, 2.45) is 0 Å². The molecule has 0 saturated heterocycles. The molecule has 1 heterocycles. The maximum absolute atomic E-state index is 12.4. The number of nitrogens with zero attached hydrogens (tertiary/aromatic N) is 2. The van der Waals surface area contributed by atoms with Crippen LogP contribution in [-0.4, -0.2) is 29.4 Å². The normalized spacial score (nSPS) is 11.2. The molecule has 6 heteroatoms. The number of aromatic nitrogens is 2. The zero-order valence-corrected chi connectivity index (χ0v) is 16.8. The van der Waals surface area contributed by atoms with E-state index in [-0.39, 0.29) is 5.56 Å². The van der Waals surface area contributed by atoms with E-state index in [2.05, 4.69) is 33.0 Å². The largest absolute Gasteiger partial charge is 0.490 e. The maximum Gasteiger partial charge on any atom is 0.261 e. The van der Waals surface area contributed by atoms with Crippen LogP contribution in [0.3, 0.4) is 0 Å². The van der Waals surface area contributed by atoms with E-state index in [0.717, 1.165) is 21.0 Å². The van der Waals surface area contributed by atoms with Crippen LogP contribution in [0.5, 0.6) is 5.75 Å². The first-order valence-electron chi connectivity index (χ1n) is 9.06. The van der Waals surface area contributed by atoms with Crippen molar-refractivity contribution in [1.29, 1.82) is 0 Å². The molecule has 0 fully saturated rings. The van der Waals surface area contributed by atoms with Gasteiger partial charge in [-0.25, -0.2) is 4.98 Å². The number of ether oxygens (including phenoxy) is 2. The summed E-state index contributed by atoms with van der Waals surface area (Å²) in [6, 6.07) is 19.5. The molecule has 0 spiro atoms. The predicted octanol–water partition coefficient (Wildman–Crippen LogP) is 4.41. The van der Waals surface area contributed by atoms with Gasteiger partial charge in [-0.3, -0.25) is 9.36 Å². The second kappa shape index (κ2) is 8.54. The lowest BCUT2D eigenvalue weighted by atomic mass is 10.1. The summed E-state index contributed by atoms with van der Waals surface area (Å²) in [5.41, 5.74) is 0.657. The number of benzene rings is 3. The highest BCUT2D eigenvalue weighted by Crippen LogP contribution is 2.32. The first-order valence-corrected chi connectivity index (χ1v) is 9.85. The molecule has 0 aliphatic heterocycles. The van der Waals surface area contributed by atoms with E-state index in [1.807, 2.05) is 42.5 Å². The molecular weight excluding hydrogens is 420 g/mol. The fraction of sp³-hybridized carbons (Fsp3) is 0.182. The Morgan fingerprint density at radius 2 is 1.68 bits per heavy atom. The molecule has 0 amide bonds. The van der Waals surface area contributed by atoms with Crippen LogP contribution >= 0.6 is 15.9 Å². The van der Waals surface area contributed by atoms with Gasteiger partial charge in [-0.1, -0.05) is 42.5 Å². The molecule has 28 heavy (non-hydrogen) atoms. The highest BCUT2D eigenvalue weighted by molar-refractivity contribution is 9.10. The number of hydrogen-bond acceptors (Lipinski definition) is 4. The van der Waals surface area contributed by atoms with E-state index >= 15 is 0 Å².